The summed E-state index contributed by atoms with van der Waals surface area (Å²) in [5.74, 6) is 0.424. The average molecular weight is 555 g/mol. The topological polar surface area (TPSA) is 90.9 Å². The van der Waals surface area contributed by atoms with Gasteiger partial charge in [0.05, 0.1) is 12.2 Å². The Morgan fingerprint density at radius 1 is 1.16 bits per heavy atom. The highest BCUT2D eigenvalue weighted by Gasteiger charge is 2.48. The molecule has 2 N–H and O–H groups in total. The lowest BCUT2D eigenvalue weighted by Gasteiger charge is -2.34. The van der Waals surface area contributed by atoms with E-state index in [1.807, 2.05) is 33.0 Å². The minimum Gasteiger partial charge on any atom is -0.388 e. The van der Waals surface area contributed by atoms with Gasteiger partial charge in [-0.25, -0.2) is 12.7 Å². The maximum Gasteiger partial charge on any atom is 0.392 e. The van der Waals surface area contributed by atoms with Crippen LogP contribution in [0.15, 0.2) is 28.8 Å². The minimum atomic E-state index is -4.20. The number of aryl methyl sites for hydroxylation is 2. The third-order valence-electron chi connectivity index (χ3n) is 8.17. The van der Waals surface area contributed by atoms with Gasteiger partial charge >= 0.3 is 6.18 Å². The van der Waals surface area contributed by atoms with Crippen molar-refractivity contribution in [1.29, 1.82) is 0 Å². The van der Waals surface area contributed by atoms with Crippen molar-refractivity contribution in [2.45, 2.75) is 76.9 Å². The fourth-order valence-corrected chi connectivity index (χ4v) is 7.29. The first-order chi connectivity index (χ1) is 17.8. The quantitative estimate of drug-likeness (QED) is 0.480. The number of hydrogen-bond donors (Lipinski definition) is 2. The van der Waals surface area contributed by atoms with Gasteiger partial charge in [0.1, 0.15) is 11.4 Å². The molecular weight excluding hydrogens is 517 g/mol. The van der Waals surface area contributed by atoms with Crippen molar-refractivity contribution in [1.82, 2.24) is 9.62 Å². The highest BCUT2D eigenvalue weighted by Crippen LogP contribution is 2.36. The molecule has 0 aromatic heterocycles. The lowest BCUT2D eigenvalue weighted by molar-refractivity contribution is -0.125. The number of alkyl halides is 3. The lowest BCUT2D eigenvalue weighted by atomic mass is 9.84. The van der Waals surface area contributed by atoms with Crippen LogP contribution in [-0.4, -0.2) is 62.1 Å². The number of nitrogens with zero attached hydrogens (tertiary/aromatic N) is 2. The molecular formula is C27H37F3N4O3S. The molecule has 0 unspecified atom stereocenters. The monoisotopic (exact) mass is 554 g/mol. The minimum absolute atomic E-state index is 0.00361. The Labute approximate surface area is 223 Å². The number of allylic oxidation sites excluding steroid dienone is 2. The van der Waals surface area contributed by atoms with E-state index in [0.717, 1.165) is 28.0 Å². The van der Waals surface area contributed by atoms with Crippen LogP contribution in [0.1, 0.15) is 61.6 Å². The normalized spacial score (nSPS) is 22.4. The predicted octanol–water partition coefficient (Wildman–Crippen LogP) is 4.65. The van der Waals surface area contributed by atoms with Crippen LogP contribution in [0.5, 0.6) is 0 Å². The summed E-state index contributed by atoms with van der Waals surface area (Å²) in [7, 11) is -1.65. The van der Waals surface area contributed by atoms with E-state index in [-0.39, 0.29) is 30.7 Å². The van der Waals surface area contributed by atoms with E-state index in [1.165, 1.54) is 10.4 Å². The standard InChI is InChI=1S/C27H37F3N4O3S/c1-18-16-22(31-3)17-19(2)23(18)9-15-38(36,37)34-13-11-26(12-14-34)25(35)32-24(33-26)21-6-4-20(5-7-21)8-10-27(28,29)30/h8,16-17,21,31H,4-7,9-15H2,1-3H3,(H,32,33,35). The lowest BCUT2D eigenvalue weighted by Crippen LogP contribution is -2.51. The van der Waals surface area contributed by atoms with E-state index in [2.05, 4.69) is 10.6 Å². The van der Waals surface area contributed by atoms with Gasteiger partial charge in [-0.1, -0.05) is 11.6 Å². The highest BCUT2D eigenvalue weighted by atomic mass is 32.2. The summed E-state index contributed by atoms with van der Waals surface area (Å²) >= 11 is 0. The van der Waals surface area contributed by atoms with Crippen molar-refractivity contribution in [2.24, 2.45) is 10.9 Å². The molecule has 210 valence electrons. The van der Waals surface area contributed by atoms with E-state index in [4.69, 9.17) is 4.99 Å². The van der Waals surface area contributed by atoms with Gasteiger partial charge < -0.3 is 10.6 Å². The maximum absolute atomic E-state index is 13.1. The Morgan fingerprint density at radius 3 is 2.32 bits per heavy atom. The summed E-state index contributed by atoms with van der Waals surface area (Å²) in [6.07, 6.45) is -0.344. The molecule has 1 aliphatic carbocycles. The summed E-state index contributed by atoms with van der Waals surface area (Å²) in [5.41, 5.74) is 3.99. The van der Waals surface area contributed by atoms with Gasteiger partial charge in [0.2, 0.25) is 10.0 Å². The van der Waals surface area contributed by atoms with Gasteiger partial charge in [-0.05, 0) is 87.6 Å². The third kappa shape index (κ3) is 6.42. The predicted molar refractivity (Wildman–Crippen MR) is 143 cm³/mol. The largest absolute Gasteiger partial charge is 0.392 e. The molecule has 7 nitrogen and oxygen atoms in total. The number of piperidine rings is 1. The molecule has 1 spiro atoms. The molecule has 11 heteroatoms. The Morgan fingerprint density at radius 2 is 1.76 bits per heavy atom. The smallest absolute Gasteiger partial charge is 0.388 e. The van der Waals surface area contributed by atoms with E-state index in [1.54, 1.807) is 0 Å². The van der Waals surface area contributed by atoms with E-state index in [9.17, 15) is 26.4 Å². The molecule has 1 aromatic rings. The van der Waals surface area contributed by atoms with Gasteiger partial charge in [-0.3, -0.25) is 9.79 Å². The number of amidine groups is 1. The molecule has 1 saturated heterocycles. The van der Waals surface area contributed by atoms with Crippen LogP contribution in [0.3, 0.4) is 0 Å². The zero-order valence-electron chi connectivity index (χ0n) is 22.2. The second kappa shape index (κ2) is 11.0. The van der Waals surface area contributed by atoms with Gasteiger partial charge in [-0.2, -0.15) is 13.2 Å². The molecule has 38 heavy (non-hydrogen) atoms. The Hall–Kier alpha value is -2.40. The molecule has 0 atom stereocenters. The summed E-state index contributed by atoms with van der Waals surface area (Å²) in [6, 6.07) is 4.03. The fourth-order valence-electron chi connectivity index (χ4n) is 5.83. The number of carbonyl (C=O) groups is 1. The molecule has 1 aromatic carbocycles. The van der Waals surface area contributed by atoms with Crippen LogP contribution in [0.2, 0.25) is 0 Å². The van der Waals surface area contributed by atoms with Crippen molar-refractivity contribution in [3.63, 3.8) is 0 Å². The van der Waals surface area contributed by atoms with Crippen molar-refractivity contribution in [3.05, 3.63) is 40.5 Å². The average Bonchev–Trinajstić information content (AvgIpc) is 3.17. The zero-order chi connectivity index (χ0) is 27.7. The van der Waals surface area contributed by atoms with Crippen molar-refractivity contribution < 1.29 is 26.4 Å². The Kier molecular flexibility index (Phi) is 8.28. The first-order valence-corrected chi connectivity index (χ1v) is 14.8. The highest BCUT2D eigenvalue weighted by molar-refractivity contribution is 7.89. The maximum atomic E-state index is 13.1. The first kappa shape index (κ1) is 28.6. The Bertz CT molecular complexity index is 1200. The number of aliphatic imine (C=N–C) groups is 1. The van der Waals surface area contributed by atoms with Crippen LogP contribution < -0.4 is 10.6 Å². The number of anilines is 1. The molecule has 0 radical (unpaired) electrons. The van der Waals surface area contributed by atoms with E-state index in [0.29, 0.717) is 50.8 Å². The second-order valence-electron chi connectivity index (χ2n) is 10.7. The van der Waals surface area contributed by atoms with Gasteiger partial charge in [0.25, 0.3) is 5.91 Å². The molecule has 0 bridgehead atoms. The number of benzene rings is 1. The zero-order valence-corrected chi connectivity index (χ0v) is 23.1. The van der Waals surface area contributed by atoms with Crippen molar-refractivity contribution in [3.8, 4) is 0 Å². The van der Waals surface area contributed by atoms with Crippen LogP contribution in [-0.2, 0) is 21.2 Å². The molecule has 2 aliphatic heterocycles. The number of nitrogens with one attached hydrogen (secondary N) is 2. The van der Waals surface area contributed by atoms with Crippen molar-refractivity contribution in [2.75, 3.05) is 31.2 Å². The van der Waals surface area contributed by atoms with Gasteiger partial charge in [-0.15, -0.1) is 0 Å². The van der Waals surface area contributed by atoms with Crippen molar-refractivity contribution >= 4 is 27.5 Å². The summed E-state index contributed by atoms with van der Waals surface area (Å²) in [5, 5.41) is 6.03. The number of sulfonamides is 1. The molecule has 4 rings (SSSR count). The first-order valence-electron chi connectivity index (χ1n) is 13.2. The number of hydrogen-bond acceptors (Lipinski definition) is 5. The number of amides is 1. The van der Waals surface area contributed by atoms with Gasteiger partial charge in [0, 0.05) is 31.7 Å². The van der Waals surface area contributed by atoms with E-state index < -0.39 is 28.2 Å². The van der Waals surface area contributed by atoms with E-state index >= 15 is 0 Å². The summed E-state index contributed by atoms with van der Waals surface area (Å²) in [4.78, 5) is 17.7. The molecule has 1 saturated carbocycles. The Balaban J connectivity index is 1.34. The molecule has 3 aliphatic rings. The summed E-state index contributed by atoms with van der Waals surface area (Å²) in [6.45, 7) is 4.44. The SMILES string of the molecule is CNc1cc(C)c(CCS(=O)(=O)N2CCC3(CC2)N=C(C2CCC(=CCC(F)(F)F)CC2)NC3=O)c(C)c1. The van der Waals surface area contributed by atoms with Crippen LogP contribution >= 0.6 is 0 Å². The van der Waals surface area contributed by atoms with Crippen LogP contribution in [0.25, 0.3) is 0 Å². The molecule has 2 heterocycles. The third-order valence-corrected chi connectivity index (χ3v) is 10.0. The molecule has 1 amide bonds. The van der Waals surface area contributed by atoms with Crippen LogP contribution in [0, 0.1) is 19.8 Å². The molecule has 2 fully saturated rings. The number of carbonyl (C=O) groups excluding carboxylic acids is 1. The number of rotatable bonds is 7. The number of halogens is 3. The van der Waals surface area contributed by atoms with Gasteiger partial charge in [0.15, 0.2) is 0 Å². The summed E-state index contributed by atoms with van der Waals surface area (Å²) < 4.78 is 65.3. The fraction of sp³-hybridized carbons (Fsp3) is 0.630. The van der Waals surface area contributed by atoms with Crippen LogP contribution in [0.4, 0.5) is 18.9 Å². The second-order valence-corrected chi connectivity index (χ2v) is 12.8.